The summed E-state index contributed by atoms with van der Waals surface area (Å²) in [7, 11) is 1.65. The van der Waals surface area contributed by atoms with Crippen molar-refractivity contribution in [1.82, 2.24) is 0 Å². The molecule has 1 fully saturated rings. The lowest BCUT2D eigenvalue weighted by Crippen LogP contribution is -2.17. The molecular formula is C16H21ClO3. The zero-order chi connectivity index (χ0) is 15.1. The molecule has 0 radical (unpaired) electrons. The van der Waals surface area contributed by atoms with Crippen molar-refractivity contribution in [2.75, 3.05) is 7.11 Å². The fourth-order valence-corrected chi connectivity index (χ4v) is 3.20. The van der Waals surface area contributed by atoms with Gasteiger partial charge in [-0.3, -0.25) is 4.79 Å². The Morgan fingerprint density at radius 3 is 2.50 bits per heavy atom. The summed E-state index contributed by atoms with van der Waals surface area (Å²) in [4.78, 5) is 11.2. The second-order valence-electron chi connectivity index (χ2n) is 5.99. The van der Waals surface area contributed by atoms with Crippen LogP contribution < -0.4 is 4.74 Å². The summed E-state index contributed by atoms with van der Waals surface area (Å²) >= 11 is 6.36. The van der Waals surface area contributed by atoms with Crippen molar-refractivity contribution in [3.63, 3.8) is 0 Å². The average molecular weight is 297 g/mol. The van der Waals surface area contributed by atoms with Crippen LogP contribution in [-0.2, 0) is 10.2 Å². The Kier molecular flexibility index (Phi) is 4.01. The molecule has 1 saturated carbocycles. The normalized spacial score (nSPS) is 16.3. The molecule has 110 valence electrons. The third kappa shape index (κ3) is 2.51. The number of carbonyl (C=O) groups is 1. The van der Waals surface area contributed by atoms with Gasteiger partial charge in [0.1, 0.15) is 5.75 Å². The predicted molar refractivity (Wildman–Crippen MR) is 80.0 cm³/mol. The van der Waals surface area contributed by atoms with Crippen molar-refractivity contribution in [2.45, 2.75) is 51.4 Å². The summed E-state index contributed by atoms with van der Waals surface area (Å²) in [5, 5.41) is 9.87. The van der Waals surface area contributed by atoms with E-state index in [0.29, 0.717) is 5.02 Å². The van der Waals surface area contributed by atoms with E-state index in [0.717, 1.165) is 35.3 Å². The Hall–Kier alpha value is -1.22. The van der Waals surface area contributed by atoms with Gasteiger partial charge in [0.05, 0.1) is 13.5 Å². The number of hydrogen-bond donors (Lipinski definition) is 1. The first-order chi connectivity index (χ1) is 9.32. The molecule has 0 bridgehead atoms. The topological polar surface area (TPSA) is 46.5 Å². The predicted octanol–water partition coefficient (Wildman–Crippen LogP) is 4.29. The summed E-state index contributed by atoms with van der Waals surface area (Å²) in [5.74, 6) is 0.332. The molecule has 1 aliphatic rings. The van der Waals surface area contributed by atoms with E-state index >= 15 is 0 Å². The van der Waals surface area contributed by atoms with Gasteiger partial charge < -0.3 is 9.84 Å². The highest BCUT2D eigenvalue weighted by molar-refractivity contribution is 6.31. The smallest absolute Gasteiger partial charge is 0.304 e. The Labute approximate surface area is 124 Å². The van der Waals surface area contributed by atoms with Gasteiger partial charge in [0, 0.05) is 16.0 Å². The van der Waals surface area contributed by atoms with Gasteiger partial charge in [-0.25, -0.2) is 0 Å². The molecule has 4 heteroatoms. The van der Waals surface area contributed by atoms with Crippen LogP contribution in [0.4, 0.5) is 0 Å². The number of aliphatic carboxylic acids is 1. The fourth-order valence-electron chi connectivity index (χ4n) is 2.99. The second-order valence-corrected chi connectivity index (χ2v) is 6.39. The maximum atomic E-state index is 11.2. The third-order valence-corrected chi connectivity index (χ3v) is 4.60. The minimum absolute atomic E-state index is 0.141. The molecule has 0 amide bonds. The first-order valence-electron chi connectivity index (χ1n) is 6.91. The molecule has 2 rings (SSSR count). The van der Waals surface area contributed by atoms with Crippen LogP contribution in [0.2, 0.25) is 5.02 Å². The van der Waals surface area contributed by atoms with E-state index < -0.39 is 5.97 Å². The zero-order valence-electron chi connectivity index (χ0n) is 12.4. The Morgan fingerprint density at radius 2 is 2.10 bits per heavy atom. The summed E-state index contributed by atoms with van der Waals surface area (Å²) in [6, 6.07) is 1.95. The van der Waals surface area contributed by atoms with E-state index in [1.54, 1.807) is 7.11 Å². The van der Waals surface area contributed by atoms with Crippen molar-refractivity contribution in [2.24, 2.45) is 0 Å². The van der Waals surface area contributed by atoms with Gasteiger partial charge in [-0.2, -0.15) is 0 Å². The van der Waals surface area contributed by atoms with Crippen molar-refractivity contribution < 1.29 is 14.6 Å². The van der Waals surface area contributed by atoms with Crippen LogP contribution in [0.3, 0.4) is 0 Å². The molecule has 0 aromatic heterocycles. The number of hydrogen-bond acceptors (Lipinski definition) is 2. The first-order valence-corrected chi connectivity index (χ1v) is 7.29. The quantitative estimate of drug-likeness (QED) is 0.882. The minimum atomic E-state index is -0.768. The van der Waals surface area contributed by atoms with Gasteiger partial charge in [-0.05, 0) is 42.9 Å². The van der Waals surface area contributed by atoms with Crippen molar-refractivity contribution in [1.29, 1.82) is 0 Å². The number of rotatable bonds is 5. The molecule has 0 atom stereocenters. The molecule has 1 aromatic carbocycles. The number of methoxy groups -OCH3 is 1. The van der Waals surface area contributed by atoms with Crippen molar-refractivity contribution in [3.05, 3.63) is 27.8 Å². The molecule has 0 unspecified atom stereocenters. The molecule has 1 N–H and O–H groups in total. The number of halogens is 1. The molecule has 0 spiro atoms. The van der Waals surface area contributed by atoms with E-state index in [1.165, 1.54) is 0 Å². The maximum absolute atomic E-state index is 11.2. The number of ether oxygens (including phenoxy) is 1. The lowest BCUT2D eigenvalue weighted by atomic mass is 9.84. The minimum Gasteiger partial charge on any atom is -0.496 e. The lowest BCUT2D eigenvalue weighted by molar-refractivity contribution is -0.137. The first kappa shape index (κ1) is 15.2. The standard InChI is InChI=1S/C16H21ClO3/c1-9(2)11-7-12(17)10(3)14(15(11)20-4)16(5-6-16)8-13(18)19/h7,9H,5-6,8H2,1-4H3,(H,18,19). The van der Waals surface area contributed by atoms with Crippen LogP contribution in [0.5, 0.6) is 5.75 Å². The van der Waals surface area contributed by atoms with Gasteiger partial charge in [-0.1, -0.05) is 25.4 Å². The molecular weight excluding hydrogens is 276 g/mol. The van der Waals surface area contributed by atoms with Crippen LogP contribution in [0.15, 0.2) is 6.07 Å². The average Bonchev–Trinajstić information content (AvgIpc) is 3.10. The summed E-state index contributed by atoms with van der Waals surface area (Å²) in [5.41, 5.74) is 2.70. The fraction of sp³-hybridized carbons (Fsp3) is 0.562. The molecule has 1 aliphatic carbocycles. The van der Waals surface area contributed by atoms with Crippen LogP contribution >= 0.6 is 11.6 Å². The van der Waals surface area contributed by atoms with Gasteiger partial charge >= 0.3 is 5.97 Å². The monoisotopic (exact) mass is 296 g/mol. The molecule has 0 aliphatic heterocycles. The zero-order valence-corrected chi connectivity index (χ0v) is 13.2. The van der Waals surface area contributed by atoms with Gasteiger partial charge in [0.25, 0.3) is 0 Å². The largest absolute Gasteiger partial charge is 0.496 e. The third-order valence-electron chi connectivity index (χ3n) is 4.20. The van der Waals surface area contributed by atoms with Crippen LogP contribution in [0.1, 0.15) is 55.7 Å². The summed E-state index contributed by atoms with van der Waals surface area (Å²) in [6.45, 7) is 6.13. The van der Waals surface area contributed by atoms with Crippen LogP contribution in [0.25, 0.3) is 0 Å². The highest BCUT2D eigenvalue weighted by Gasteiger charge is 2.49. The van der Waals surface area contributed by atoms with Crippen molar-refractivity contribution in [3.8, 4) is 5.75 Å². The second kappa shape index (κ2) is 5.28. The van der Waals surface area contributed by atoms with E-state index in [4.69, 9.17) is 16.3 Å². The SMILES string of the molecule is COc1c(C(C)C)cc(Cl)c(C)c1C1(CC(=O)O)CC1. The van der Waals surface area contributed by atoms with Gasteiger partial charge in [0.2, 0.25) is 0 Å². The molecule has 1 aromatic rings. The van der Waals surface area contributed by atoms with Crippen molar-refractivity contribution >= 4 is 17.6 Å². The van der Waals surface area contributed by atoms with Gasteiger partial charge in [0.15, 0.2) is 0 Å². The van der Waals surface area contributed by atoms with E-state index in [-0.39, 0.29) is 17.8 Å². The molecule has 3 nitrogen and oxygen atoms in total. The molecule has 0 heterocycles. The van der Waals surface area contributed by atoms with Gasteiger partial charge in [-0.15, -0.1) is 0 Å². The number of carboxylic acid groups (broad SMARTS) is 1. The highest BCUT2D eigenvalue weighted by atomic mass is 35.5. The maximum Gasteiger partial charge on any atom is 0.304 e. The van der Waals surface area contributed by atoms with Crippen LogP contribution in [0, 0.1) is 6.92 Å². The highest BCUT2D eigenvalue weighted by Crippen LogP contribution is 2.57. The number of benzene rings is 1. The Balaban J connectivity index is 2.65. The molecule has 0 saturated heterocycles. The van der Waals surface area contributed by atoms with Crippen LogP contribution in [-0.4, -0.2) is 18.2 Å². The Bertz CT molecular complexity index is 545. The van der Waals surface area contributed by atoms with E-state index in [1.807, 2.05) is 13.0 Å². The summed E-state index contributed by atoms with van der Waals surface area (Å²) in [6.07, 6.45) is 1.91. The van der Waals surface area contributed by atoms with E-state index in [2.05, 4.69) is 13.8 Å². The summed E-state index contributed by atoms with van der Waals surface area (Å²) < 4.78 is 5.63. The molecule has 20 heavy (non-hydrogen) atoms. The lowest BCUT2D eigenvalue weighted by Gasteiger charge is -2.24. The Morgan fingerprint density at radius 1 is 1.50 bits per heavy atom. The number of carboxylic acids is 1. The van der Waals surface area contributed by atoms with E-state index in [9.17, 15) is 9.90 Å².